The summed E-state index contributed by atoms with van der Waals surface area (Å²) in [7, 11) is 1.63. The van der Waals surface area contributed by atoms with Gasteiger partial charge in [-0.05, 0) is 49.2 Å². The molecule has 0 aliphatic carbocycles. The van der Waals surface area contributed by atoms with E-state index in [0.29, 0.717) is 27.8 Å². The molecule has 0 bridgehead atoms. The number of amides is 2. The molecule has 0 unspecified atom stereocenters. The molecule has 0 fully saturated rings. The van der Waals surface area contributed by atoms with Crippen LogP contribution in [0.15, 0.2) is 72.8 Å². The second-order valence-corrected chi connectivity index (χ2v) is 10.7. The highest BCUT2D eigenvalue weighted by Gasteiger charge is 2.31. The second kappa shape index (κ2) is 14.3. The Morgan fingerprint density at radius 3 is 2.16 bits per heavy atom. The first-order chi connectivity index (χ1) is 17.8. The average molecular weight is 560 g/mol. The lowest BCUT2D eigenvalue weighted by atomic mass is 10.0. The van der Waals surface area contributed by atoms with Crippen molar-refractivity contribution in [2.75, 3.05) is 12.9 Å². The Hall–Kier alpha value is -2.67. The van der Waals surface area contributed by atoms with Gasteiger partial charge in [0.05, 0.1) is 12.9 Å². The molecule has 1 atom stereocenters. The summed E-state index contributed by atoms with van der Waals surface area (Å²) in [5.41, 5.74) is 2.66. The van der Waals surface area contributed by atoms with Crippen LogP contribution in [0.3, 0.4) is 0 Å². The van der Waals surface area contributed by atoms with E-state index in [9.17, 15) is 9.59 Å². The summed E-state index contributed by atoms with van der Waals surface area (Å²) in [6.45, 7) is 3.93. The third kappa shape index (κ3) is 8.70. The van der Waals surface area contributed by atoms with Crippen LogP contribution >= 0.6 is 35.0 Å². The first-order valence-corrected chi connectivity index (χ1v) is 14.0. The van der Waals surface area contributed by atoms with Gasteiger partial charge < -0.3 is 15.0 Å². The Bertz CT molecular complexity index is 1150. The van der Waals surface area contributed by atoms with E-state index in [1.165, 1.54) is 11.8 Å². The van der Waals surface area contributed by atoms with Gasteiger partial charge >= 0.3 is 0 Å². The van der Waals surface area contributed by atoms with Crippen molar-refractivity contribution >= 4 is 46.8 Å². The van der Waals surface area contributed by atoms with Crippen LogP contribution in [0, 0.1) is 0 Å². The van der Waals surface area contributed by atoms with E-state index in [4.69, 9.17) is 27.9 Å². The smallest absolute Gasteiger partial charge is 0.243 e. The van der Waals surface area contributed by atoms with Crippen LogP contribution in [0.2, 0.25) is 10.0 Å². The number of ether oxygens (including phenoxy) is 1. The van der Waals surface area contributed by atoms with Gasteiger partial charge in [0, 0.05) is 40.4 Å². The Morgan fingerprint density at radius 1 is 0.919 bits per heavy atom. The summed E-state index contributed by atoms with van der Waals surface area (Å²) < 4.78 is 5.22. The van der Waals surface area contributed by atoms with Crippen molar-refractivity contribution < 1.29 is 14.3 Å². The van der Waals surface area contributed by atoms with Crippen LogP contribution < -0.4 is 10.1 Å². The molecule has 3 aromatic rings. The zero-order valence-corrected chi connectivity index (χ0v) is 23.6. The van der Waals surface area contributed by atoms with Crippen LogP contribution in [-0.4, -0.2) is 41.7 Å². The molecule has 37 heavy (non-hydrogen) atoms. The lowest BCUT2D eigenvalue weighted by molar-refractivity contribution is -0.139. The largest absolute Gasteiger partial charge is 0.497 e. The number of methoxy groups -OCH3 is 1. The van der Waals surface area contributed by atoms with Gasteiger partial charge in [-0.3, -0.25) is 9.59 Å². The van der Waals surface area contributed by atoms with E-state index in [0.717, 1.165) is 16.9 Å². The highest BCUT2D eigenvalue weighted by molar-refractivity contribution is 7.99. The Kier molecular flexibility index (Phi) is 11.2. The van der Waals surface area contributed by atoms with Gasteiger partial charge in [-0.1, -0.05) is 71.7 Å². The lowest BCUT2D eigenvalue weighted by Gasteiger charge is -2.32. The van der Waals surface area contributed by atoms with Gasteiger partial charge in [-0.15, -0.1) is 11.8 Å². The van der Waals surface area contributed by atoms with Crippen LogP contribution in [0.1, 0.15) is 30.5 Å². The molecule has 0 saturated heterocycles. The Balaban J connectivity index is 1.87. The van der Waals surface area contributed by atoms with Crippen molar-refractivity contribution in [1.29, 1.82) is 0 Å². The maximum Gasteiger partial charge on any atom is 0.243 e. The summed E-state index contributed by atoms with van der Waals surface area (Å²) in [6.07, 6.45) is 0.371. The molecule has 0 aliphatic heterocycles. The van der Waals surface area contributed by atoms with Crippen LogP contribution in [0.25, 0.3) is 0 Å². The number of nitrogens with zero attached hydrogens (tertiary/aromatic N) is 1. The number of hydrogen-bond acceptors (Lipinski definition) is 4. The summed E-state index contributed by atoms with van der Waals surface area (Å²) in [4.78, 5) is 28.7. The van der Waals surface area contributed by atoms with E-state index in [-0.39, 0.29) is 30.2 Å². The van der Waals surface area contributed by atoms with Crippen LogP contribution in [0.4, 0.5) is 0 Å². The van der Waals surface area contributed by atoms with Crippen molar-refractivity contribution in [2.24, 2.45) is 0 Å². The first kappa shape index (κ1) is 28.9. The number of hydrogen-bond donors (Lipinski definition) is 1. The Morgan fingerprint density at radius 2 is 1.57 bits per heavy atom. The fourth-order valence-electron chi connectivity index (χ4n) is 3.85. The third-order valence-electron chi connectivity index (χ3n) is 5.75. The minimum Gasteiger partial charge on any atom is -0.497 e. The SMILES string of the molecule is COc1ccc(CSCC(=O)N(Cc2c(Cl)cccc2Cl)[C@@H](Cc2ccccc2)C(=O)NC(C)C)cc1. The van der Waals surface area contributed by atoms with E-state index < -0.39 is 6.04 Å². The molecule has 0 saturated carbocycles. The zero-order valence-electron chi connectivity index (χ0n) is 21.2. The van der Waals surface area contributed by atoms with Gasteiger partial charge in [-0.2, -0.15) is 0 Å². The normalized spacial score (nSPS) is 11.7. The third-order valence-corrected chi connectivity index (χ3v) is 7.44. The molecule has 0 heterocycles. The summed E-state index contributed by atoms with van der Waals surface area (Å²) in [6, 6.07) is 21.9. The number of rotatable bonds is 12. The first-order valence-electron chi connectivity index (χ1n) is 12.1. The van der Waals surface area contributed by atoms with E-state index >= 15 is 0 Å². The van der Waals surface area contributed by atoms with E-state index in [1.54, 1.807) is 30.2 Å². The molecule has 3 aromatic carbocycles. The van der Waals surface area contributed by atoms with Crippen LogP contribution in [0.5, 0.6) is 5.75 Å². The van der Waals surface area contributed by atoms with Crippen LogP contribution in [-0.2, 0) is 28.3 Å². The quantitative estimate of drug-likeness (QED) is 0.279. The van der Waals surface area contributed by atoms with Gasteiger partial charge in [0.1, 0.15) is 11.8 Å². The number of thioether (sulfide) groups is 1. The summed E-state index contributed by atoms with van der Waals surface area (Å²) in [5.74, 6) is 1.27. The monoisotopic (exact) mass is 558 g/mol. The number of halogens is 2. The molecule has 0 radical (unpaired) electrons. The lowest BCUT2D eigenvalue weighted by Crippen LogP contribution is -2.52. The van der Waals surface area contributed by atoms with E-state index in [1.807, 2.05) is 68.4 Å². The maximum atomic E-state index is 13.7. The number of nitrogens with one attached hydrogen (secondary N) is 1. The average Bonchev–Trinajstić information content (AvgIpc) is 2.88. The summed E-state index contributed by atoms with van der Waals surface area (Å²) >= 11 is 14.5. The van der Waals surface area contributed by atoms with Crippen molar-refractivity contribution in [3.05, 3.63) is 99.5 Å². The molecule has 3 rings (SSSR count). The van der Waals surface area contributed by atoms with Gasteiger partial charge in [0.25, 0.3) is 0 Å². The molecule has 0 aliphatic rings. The minimum absolute atomic E-state index is 0.0731. The standard InChI is InChI=1S/C29H32Cl2N2O3S/c1-20(2)32-29(35)27(16-21-8-5-4-6-9-21)33(17-24-25(30)10-7-11-26(24)31)28(34)19-37-18-22-12-14-23(36-3)15-13-22/h4-15,20,27H,16-19H2,1-3H3,(H,32,35)/t27-/m0/s1. The van der Waals surface area contributed by atoms with Crippen molar-refractivity contribution in [2.45, 2.75) is 44.6 Å². The molecular formula is C29H32Cl2N2O3S. The summed E-state index contributed by atoms with van der Waals surface area (Å²) in [5, 5.41) is 3.90. The fourth-order valence-corrected chi connectivity index (χ4v) is 5.24. The highest BCUT2D eigenvalue weighted by Crippen LogP contribution is 2.28. The van der Waals surface area contributed by atoms with Gasteiger partial charge in [0.15, 0.2) is 0 Å². The molecule has 196 valence electrons. The van der Waals surface area contributed by atoms with Gasteiger partial charge in [0.2, 0.25) is 11.8 Å². The predicted octanol–water partition coefficient (Wildman–Crippen LogP) is 6.40. The van der Waals surface area contributed by atoms with Crippen molar-refractivity contribution in [3.63, 3.8) is 0 Å². The highest BCUT2D eigenvalue weighted by atomic mass is 35.5. The van der Waals surface area contributed by atoms with Gasteiger partial charge in [-0.25, -0.2) is 0 Å². The number of carbonyl (C=O) groups excluding carboxylic acids is 2. The molecule has 2 amide bonds. The van der Waals surface area contributed by atoms with Crippen molar-refractivity contribution in [3.8, 4) is 5.75 Å². The topological polar surface area (TPSA) is 58.6 Å². The van der Waals surface area contributed by atoms with Crippen molar-refractivity contribution in [1.82, 2.24) is 10.2 Å². The number of benzene rings is 3. The minimum atomic E-state index is -0.730. The molecule has 1 N–H and O–H groups in total. The predicted molar refractivity (Wildman–Crippen MR) is 153 cm³/mol. The molecule has 8 heteroatoms. The molecular weight excluding hydrogens is 527 g/mol. The Labute approximate surface area is 233 Å². The fraction of sp³-hybridized carbons (Fsp3) is 0.310. The van der Waals surface area contributed by atoms with E-state index in [2.05, 4.69) is 5.32 Å². The maximum absolute atomic E-state index is 13.7. The molecule has 0 aromatic heterocycles. The number of carbonyl (C=O) groups is 2. The zero-order chi connectivity index (χ0) is 26.8. The molecule has 5 nitrogen and oxygen atoms in total. The second-order valence-electron chi connectivity index (χ2n) is 8.93. The molecule has 0 spiro atoms.